The van der Waals surface area contributed by atoms with Crippen molar-refractivity contribution in [1.82, 2.24) is 14.5 Å². The third-order valence-electron chi connectivity index (χ3n) is 4.42. The van der Waals surface area contributed by atoms with Crippen LogP contribution in [0.1, 0.15) is 40.3 Å². The van der Waals surface area contributed by atoms with Crippen LogP contribution in [0.3, 0.4) is 0 Å². The Bertz CT molecular complexity index is 1020. The zero-order chi connectivity index (χ0) is 17.4. The van der Waals surface area contributed by atoms with Gasteiger partial charge < -0.3 is 0 Å². The molecule has 128 valence electrons. The maximum absolute atomic E-state index is 12.7. The van der Waals surface area contributed by atoms with Gasteiger partial charge in [0.15, 0.2) is 5.13 Å². The Morgan fingerprint density at radius 3 is 2.96 bits per heavy atom. The summed E-state index contributed by atoms with van der Waals surface area (Å²) in [5.41, 5.74) is 1.05. The monoisotopic (exact) mass is 354 g/mol. The minimum Gasteiger partial charge on any atom is -0.298 e. The summed E-state index contributed by atoms with van der Waals surface area (Å²) < 4.78 is 1.79. The number of anilines is 1. The highest BCUT2D eigenvalue weighted by molar-refractivity contribution is 7.15. The number of carbonyl (C=O) groups is 1. The summed E-state index contributed by atoms with van der Waals surface area (Å²) in [4.78, 5) is 35.0. The maximum Gasteiger partial charge on any atom is 0.261 e. The number of benzene rings is 1. The predicted molar refractivity (Wildman–Crippen MR) is 98.4 cm³/mol. The first-order valence-corrected chi connectivity index (χ1v) is 9.21. The molecule has 4 rings (SSSR count). The molecule has 3 heterocycles. The fourth-order valence-corrected chi connectivity index (χ4v) is 3.80. The van der Waals surface area contributed by atoms with E-state index in [0.717, 1.165) is 42.9 Å². The van der Waals surface area contributed by atoms with Crippen LogP contribution in [-0.4, -0.2) is 20.4 Å². The first-order valence-electron chi connectivity index (χ1n) is 8.39. The second-order valence-corrected chi connectivity index (χ2v) is 7.49. The lowest BCUT2D eigenvalue weighted by Gasteiger charge is -2.10. The SMILES string of the molecule is Cc1cnc(NC(=O)c2ccc3c(=O)n4c(nc3c2)CCCCC4)s1. The van der Waals surface area contributed by atoms with E-state index in [0.29, 0.717) is 21.6 Å². The number of nitrogens with one attached hydrogen (secondary N) is 1. The molecular weight excluding hydrogens is 336 g/mol. The van der Waals surface area contributed by atoms with Crippen molar-refractivity contribution in [3.8, 4) is 0 Å². The molecular formula is C18H18N4O2S. The van der Waals surface area contributed by atoms with Gasteiger partial charge in [-0.2, -0.15) is 0 Å². The van der Waals surface area contributed by atoms with Crippen molar-refractivity contribution in [3.05, 3.63) is 51.0 Å². The second-order valence-electron chi connectivity index (χ2n) is 6.26. The van der Waals surface area contributed by atoms with Crippen molar-refractivity contribution in [2.75, 3.05) is 5.32 Å². The standard InChI is InChI=1S/C18H18N4O2S/c1-11-10-19-18(25-11)21-16(23)12-6-7-13-14(9-12)20-15-5-3-2-4-8-22(15)17(13)24/h6-7,9-10H,2-5,8H2,1H3,(H,19,21,23). The van der Waals surface area contributed by atoms with E-state index in [1.54, 1.807) is 29.0 Å². The van der Waals surface area contributed by atoms with E-state index in [2.05, 4.69) is 15.3 Å². The first-order chi connectivity index (χ1) is 12.1. The summed E-state index contributed by atoms with van der Waals surface area (Å²) in [6.45, 7) is 2.66. The minimum absolute atomic E-state index is 0.00981. The number of aryl methyl sites for hydroxylation is 2. The number of carbonyl (C=O) groups excluding carboxylic acids is 1. The van der Waals surface area contributed by atoms with E-state index in [9.17, 15) is 9.59 Å². The molecule has 0 bridgehead atoms. The summed E-state index contributed by atoms with van der Waals surface area (Å²) in [6, 6.07) is 5.06. The fraction of sp³-hybridized carbons (Fsp3) is 0.333. The highest BCUT2D eigenvalue weighted by Gasteiger charge is 2.15. The van der Waals surface area contributed by atoms with E-state index in [1.165, 1.54) is 11.3 Å². The number of thiazole rings is 1. The van der Waals surface area contributed by atoms with E-state index >= 15 is 0 Å². The lowest BCUT2D eigenvalue weighted by molar-refractivity contribution is 0.102. The van der Waals surface area contributed by atoms with Crippen molar-refractivity contribution in [2.45, 2.75) is 39.2 Å². The largest absolute Gasteiger partial charge is 0.298 e. The first kappa shape index (κ1) is 16.0. The van der Waals surface area contributed by atoms with Crippen LogP contribution in [0.15, 0.2) is 29.2 Å². The molecule has 0 saturated carbocycles. The summed E-state index contributed by atoms with van der Waals surface area (Å²) in [6.07, 6.45) is 5.69. The van der Waals surface area contributed by atoms with E-state index < -0.39 is 0 Å². The molecule has 6 nitrogen and oxygen atoms in total. The Balaban J connectivity index is 1.72. The third-order valence-corrected chi connectivity index (χ3v) is 5.25. The molecule has 1 amide bonds. The summed E-state index contributed by atoms with van der Waals surface area (Å²) in [5.74, 6) is 0.580. The number of rotatable bonds is 2. The number of aromatic nitrogens is 3. The zero-order valence-electron chi connectivity index (χ0n) is 13.9. The van der Waals surface area contributed by atoms with Gasteiger partial charge >= 0.3 is 0 Å². The molecule has 0 fully saturated rings. The van der Waals surface area contributed by atoms with E-state index in [-0.39, 0.29) is 11.5 Å². The van der Waals surface area contributed by atoms with Gasteiger partial charge in [-0.25, -0.2) is 9.97 Å². The molecule has 7 heteroatoms. The van der Waals surface area contributed by atoms with Crippen molar-refractivity contribution in [2.24, 2.45) is 0 Å². The molecule has 0 unspecified atom stereocenters. The van der Waals surface area contributed by atoms with Gasteiger partial charge in [-0.05, 0) is 38.0 Å². The Kier molecular flexibility index (Phi) is 4.09. The second kappa shape index (κ2) is 6.40. The van der Waals surface area contributed by atoms with Crippen molar-refractivity contribution in [1.29, 1.82) is 0 Å². The Morgan fingerprint density at radius 1 is 1.28 bits per heavy atom. The predicted octanol–water partition coefficient (Wildman–Crippen LogP) is 3.14. The van der Waals surface area contributed by atoms with Crippen LogP contribution in [0.25, 0.3) is 10.9 Å². The van der Waals surface area contributed by atoms with Crippen molar-refractivity contribution >= 4 is 33.3 Å². The van der Waals surface area contributed by atoms with Crippen LogP contribution in [0.2, 0.25) is 0 Å². The van der Waals surface area contributed by atoms with Gasteiger partial charge in [0.05, 0.1) is 10.9 Å². The summed E-state index contributed by atoms with van der Waals surface area (Å²) >= 11 is 1.43. The van der Waals surface area contributed by atoms with Gasteiger partial charge in [0, 0.05) is 29.6 Å². The molecule has 2 aromatic heterocycles. The Hall–Kier alpha value is -2.54. The highest BCUT2D eigenvalue weighted by Crippen LogP contribution is 2.19. The topological polar surface area (TPSA) is 76.9 Å². The molecule has 0 radical (unpaired) electrons. The van der Waals surface area contributed by atoms with Crippen LogP contribution < -0.4 is 10.9 Å². The van der Waals surface area contributed by atoms with Gasteiger partial charge in [0.1, 0.15) is 5.82 Å². The highest BCUT2D eigenvalue weighted by atomic mass is 32.1. The molecule has 1 aliphatic heterocycles. The third kappa shape index (κ3) is 3.07. The molecule has 1 aromatic carbocycles. The molecule has 0 spiro atoms. The van der Waals surface area contributed by atoms with Crippen LogP contribution in [-0.2, 0) is 13.0 Å². The van der Waals surface area contributed by atoms with Crippen LogP contribution in [0.5, 0.6) is 0 Å². The maximum atomic E-state index is 12.7. The molecule has 1 N–H and O–H groups in total. The van der Waals surface area contributed by atoms with E-state index in [1.807, 2.05) is 6.92 Å². The normalized spacial score (nSPS) is 14.1. The van der Waals surface area contributed by atoms with Crippen LogP contribution >= 0.6 is 11.3 Å². The Labute approximate surface area is 148 Å². The van der Waals surface area contributed by atoms with Gasteiger partial charge in [-0.3, -0.25) is 19.5 Å². The van der Waals surface area contributed by atoms with Crippen molar-refractivity contribution in [3.63, 3.8) is 0 Å². The molecule has 25 heavy (non-hydrogen) atoms. The summed E-state index contributed by atoms with van der Waals surface area (Å²) in [5, 5.41) is 3.92. The van der Waals surface area contributed by atoms with Crippen molar-refractivity contribution < 1.29 is 4.79 Å². The average molecular weight is 354 g/mol. The fourth-order valence-electron chi connectivity index (χ4n) is 3.14. The average Bonchev–Trinajstić information content (AvgIpc) is 2.86. The molecule has 0 atom stereocenters. The van der Waals surface area contributed by atoms with Crippen LogP contribution in [0, 0.1) is 6.92 Å². The van der Waals surface area contributed by atoms with Gasteiger partial charge in [0.2, 0.25) is 0 Å². The van der Waals surface area contributed by atoms with Gasteiger partial charge in [0.25, 0.3) is 11.5 Å². The van der Waals surface area contributed by atoms with Gasteiger partial charge in [-0.15, -0.1) is 11.3 Å². The van der Waals surface area contributed by atoms with Crippen LogP contribution in [0.4, 0.5) is 5.13 Å². The number of hydrogen-bond donors (Lipinski definition) is 1. The number of hydrogen-bond acceptors (Lipinski definition) is 5. The smallest absolute Gasteiger partial charge is 0.261 e. The number of nitrogens with zero attached hydrogens (tertiary/aromatic N) is 3. The molecule has 0 saturated heterocycles. The quantitative estimate of drug-likeness (QED) is 0.767. The lowest BCUT2D eigenvalue weighted by atomic mass is 10.1. The number of amides is 1. The lowest BCUT2D eigenvalue weighted by Crippen LogP contribution is -2.24. The van der Waals surface area contributed by atoms with E-state index in [4.69, 9.17) is 0 Å². The molecule has 0 aliphatic carbocycles. The van der Waals surface area contributed by atoms with Gasteiger partial charge in [-0.1, -0.05) is 6.42 Å². The molecule has 1 aliphatic rings. The molecule has 3 aromatic rings. The number of fused-ring (bicyclic) bond motifs is 2. The summed E-state index contributed by atoms with van der Waals surface area (Å²) in [7, 11) is 0. The Morgan fingerprint density at radius 2 is 2.16 bits per heavy atom. The zero-order valence-corrected chi connectivity index (χ0v) is 14.7. The minimum atomic E-state index is -0.243.